The number of rotatable bonds is 9. The van der Waals surface area contributed by atoms with Crippen molar-refractivity contribution in [1.82, 2.24) is 15.5 Å². The molecule has 61 heavy (non-hydrogen) atoms. The van der Waals surface area contributed by atoms with Crippen LogP contribution in [0.25, 0.3) is 20.9 Å². The van der Waals surface area contributed by atoms with Crippen molar-refractivity contribution in [2.75, 3.05) is 6.54 Å². The second-order valence-corrected chi connectivity index (χ2v) is 18.2. The zero-order valence-corrected chi connectivity index (χ0v) is 36.7. The third kappa shape index (κ3) is 13.4. The molecule has 0 unspecified atom stereocenters. The first-order valence-corrected chi connectivity index (χ1v) is 20.2. The lowest BCUT2D eigenvalue weighted by molar-refractivity contribution is -0.155. The number of fused-ring (bicyclic) bond motifs is 2. The molecule has 0 saturated carbocycles. The van der Waals surface area contributed by atoms with E-state index in [1.165, 1.54) is 47.4 Å². The molecule has 0 aliphatic heterocycles. The molecule has 0 spiro atoms. The number of ketones is 1. The molecule has 1 aromatic heterocycles. The summed E-state index contributed by atoms with van der Waals surface area (Å²) in [4.78, 5) is 84.0. The van der Waals surface area contributed by atoms with Gasteiger partial charge in [0.1, 0.15) is 29.1 Å². The molecule has 5 rings (SSSR count). The standard InChI is InChI=1S/C46H50N4O10S/c1-27(51)37-24-31-22-28(14-21-36(31)61-37)25-50(26-38(52)58-44(2,3)4)39(53)35-13-11-12-30-23-33(19-20-34(30)35)57-40(54)29-15-17-32(18-16-29)47-41(48-42(55)59-45(5,6)7)49-43(56)60-46(8,9)10/h11-24H,25-26H2,1-10H3,(H2,47,48,49,55,56). The van der Waals surface area contributed by atoms with Crippen molar-refractivity contribution in [2.24, 2.45) is 4.99 Å². The molecule has 0 radical (unpaired) electrons. The summed E-state index contributed by atoms with van der Waals surface area (Å²) in [7, 11) is 0. The molecule has 4 aromatic carbocycles. The van der Waals surface area contributed by atoms with Crippen LogP contribution in [0, 0.1) is 0 Å². The number of benzene rings is 4. The van der Waals surface area contributed by atoms with Gasteiger partial charge in [0.15, 0.2) is 5.78 Å². The predicted molar refractivity (Wildman–Crippen MR) is 234 cm³/mol. The molecule has 0 aliphatic carbocycles. The van der Waals surface area contributed by atoms with E-state index < -0.39 is 46.8 Å². The van der Waals surface area contributed by atoms with E-state index in [1.54, 1.807) is 98.7 Å². The second kappa shape index (κ2) is 18.3. The normalized spacial score (nSPS) is 11.6. The number of carbonyl (C=O) groups excluding carboxylic acids is 6. The van der Waals surface area contributed by atoms with E-state index in [9.17, 15) is 28.8 Å². The number of ether oxygens (including phenoxy) is 4. The van der Waals surface area contributed by atoms with Crippen LogP contribution in [-0.4, -0.2) is 70.0 Å². The maximum atomic E-state index is 14.3. The van der Waals surface area contributed by atoms with E-state index in [0.717, 1.165) is 15.6 Å². The van der Waals surface area contributed by atoms with E-state index in [0.29, 0.717) is 21.2 Å². The Balaban J connectivity index is 1.35. The van der Waals surface area contributed by atoms with Gasteiger partial charge >= 0.3 is 24.1 Å². The lowest BCUT2D eigenvalue weighted by Gasteiger charge is -2.26. The fourth-order valence-electron chi connectivity index (χ4n) is 5.85. The number of hydrogen-bond donors (Lipinski definition) is 2. The minimum Gasteiger partial charge on any atom is -0.459 e. The van der Waals surface area contributed by atoms with Gasteiger partial charge in [-0.2, -0.15) is 0 Å². The number of carbonyl (C=O) groups is 6. The molecule has 14 nitrogen and oxygen atoms in total. The number of alkyl carbamates (subject to hydrolysis) is 2. The smallest absolute Gasteiger partial charge is 0.414 e. The molecule has 1 heterocycles. The first-order chi connectivity index (χ1) is 28.4. The summed E-state index contributed by atoms with van der Waals surface area (Å²) in [5.74, 6) is -1.73. The molecule has 15 heteroatoms. The van der Waals surface area contributed by atoms with Crippen LogP contribution in [0.1, 0.15) is 105 Å². The first kappa shape index (κ1) is 45.5. The number of aliphatic imine (C=N–C) groups is 1. The van der Waals surface area contributed by atoms with Crippen molar-refractivity contribution in [1.29, 1.82) is 0 Å². The Hall–Kier alpha value is -6.61. The van der Waals surface area contributed by atoms with Crippen molar-refractivity contribution in [2.45, 2.75) is 92.6 Å². The van der Waals surface area contributed by atoms with Crippen LogP contribution in [0.2, 0.25) is 0 Å². The largest absolute Gasteiger partial charge is 0.459 e. The minimum atomic E-state index is -0.856. The average Bonchev–Trinajstić information content (AvgIpc) is 3.56. The zero-order valence-electron chi connectivity index (χ0n) is 35.9. The van der Waals surface area contributed by atoms with Gasteiger partial charge < -0.3 is 23.8 Å². The Morgan fingerprint density at radius 1 is 0.689 bits per heavy atom. The number of nitrogens with zero attached hydrogens (tertiary/aromatic N) is 2. The molecular weight excluding hydrogens is 801 g/mol. The van der Waals surface area contributed by atoms with Crippen molar-refractivity contribution in [3.05, 3.63) is 106 Å². The summed E-state index contributed by atoms with van der Waals surface area (Å²) in [5, 5.41) is 6.86. The van der Waals surface area contributed by atoms with Gasteiger partial charge in [0.05, 0.1) is 16.1 Å². The van der Waals surface area contributed by atoms with E-state index in [1.807, 2.05) is 24.3 Å². The number of Topliss-reactive ketones (excluding diaryl/α,β-unsaturated/α-hetero) is 1. The molecule has 5 aromatic rings. The molecule has 0 aliphatic rings. The maximum Gasteiger partial charge on any atom is 0.414 e. The zero-order chi connectivity index (χ0) is 44.9. The Morgan fingerprint density at radius 2 is 1.31 bits per heavy atom. The topological polar surface area (TPSA) is 179 Å². The molecule has 0 bridgehead atoms. The highest BCUT2D eigenvalue weighted by Gasteiger charge is 2.26. The van der Waals surface area contributed by atoms with Crippen LogP contribution in [-0.2, 0) is 25.5 Å². The summed E-state index contributed by atoms with van der Waals surface area (Å²) in [5.41, 5.74) is -0.850. The Kier molecular flexibility index (Phi) is 13.7. The highest BCUT2D eigenvalue weighted by Crippen LogP contribution is 2.29. The molecule has 320 valence electrons. The fraction of sp³-hybridized carbons (Fsp3) is 0.326. The maximum absolute atomic E-state index is 14.3. The summed E-state index contributed by atoms with van der Waals surface area (Å²) < 4.78 is 22.8. The fourth-order valence-corrected chi connectivity index (χ4v) is 6.79. The number of hydrogen-bond acceptors (Lipinski definition) is 12. The summed E-state index contributed by atoms with van der Waals surface area (Å²) in [6, 6.07) is 23.4. The second-order valence-electron chi connectivity index (χ2n) is 17.1. The van der Waals surface area contributed by atoms with Crippen LogP contribution >= 0.6 is 11.3 Å². The highest BCUT2D eigenvalue weighted by atomic mass is 32.1. The van der Waals surface area contributed by atoms with Crippen LogP contribution in [0.5, 0.6) is 5.75 Å². The Labute approximate surface area is 358 Å². The summed E-state index contributed by atoms with van der Waals surface area (Å²) in [6.07, 6.45) is -1.71. The van der Waals surface area contributed by atoms with E-state index in [2.05, 4.69) is 15.6 Å². The van der Waals surface area contributed by atoms with Crippen molar-refractivity contribution in [3.63, 3.8) is 0 Å². The molecule has 3 amide bonds. The Bertz CT molecular complexity index is 2490. The van der Waals surface area contributed by atoms with Gasteiger partial charge in [-0.25, -0.2) is 19.4 Å². The van der Waals surface area contributed by atoms with Gasteiger partial charge in [0.25, 0.3) is 5.91 Å². The van der Waals surface area contributed by atoms with Crippen molar-refractivity contribution >= 4 is 79.7 Å². The monoisotopic (exact) mass is 850 g/mol. The minimum absolute atomic E-state index is 0.0312. The quantitative estimate of drug-likeness (QED) is 0.0362. The lowest BCUT2D eigenvalue weighted by atomic mass is 10.0. The van der Waals surface area contributed by atoms with Gasteiger partial charge in [-0.3, -0.25) is 25.0 Å². The molecule has 0 saturated heterocycles. The number of thiophene rings is 1. The molecule has 0 atom stereocenters. The van der Waals surface area contributed by atoms with E-state index in [-0.39, 0.29) is 41.8 Å². The van der Waals surface area contributed by atoms with Crippen molar-refractivity contribution < 1.29 is 47.7 Å². The van der Waals surface area contributed by atoms with Crippen LogP contribution < -0.4 is 15.4 Å². The highest BCUT2D eigenvalue weighted by molar-refractivity contribution is 7.20. The van der Waals surface area contributed by atoms with Gasteiger partial charge in [-0.05, 0) is 158 Å². The predicted octanol–water partition coefficient (Wildman–Crippen LogP) is 9.50. The lowest BCUT2D eigenvalue weighted by Crippen LogP contribution is -2.47. The van der Waals surface area contributed by atoms with E-state index >= 15 is 0 Å². The van der Waals surface area contributed by atoms with Gasteiger partial charge in [-0.15, -0.1) is 11.3 Å². The number of amides is 3. The third-order valence-electron chi connectivity index (χ3n) is 8.20. The molecule has 0 fully saturated rings. The van der Waals surface area contributed by atoms with Gasteiger partial charge in [0, 0.05) is 16.8 Å². The van der Waals surface area contributed by atoms with Gasteiger partial charge in [0.2, 0.25) is 5.96 Å². The summed E-state index contributed by atoms with van der Waals surface area (Å²) in [6.45, 7) is 16.7. The number of nitrogens with one attached hydrogen (secondary N) is 2. The van der Waals surface area contributed by atoms with Crippen LogP contribution in [0.15, 0.2) is 89.9 Å². The number of guanidine groups is 1. The number of esters is 2. The van der Waals surface area contributed by atoms with Gasteiger partial charge in [-0.1, -0.05) is 18.2 Å². The van der Waals surface area contributed by atoms with E-state index in [4.69, 9.17) is 18.9 Å². The van der Waals surface area contributed by atoms with Crippen molar-refractivity contribution in [3.8, 4) is 5.75 Å². The molecule has 2 N–H and O–H groups in total. The van der Waals surface area contributed by atoms with Crippen LogP contribution in [0.3, 0.4) is 0 Å². The molecular formula is C46H50N4O10S. The van der Waals surface area contributed by atoms with Crippen LogP contribution in [0.4, 0.5) is 15.3 Å². The summed E-state index contributed by atoms with van der Waals surface area (Å²) >= 11 is 1.40. The Morgan fingerprint density at radius 3 is 1.90 bits per heavy atom. The first-order valence-electron chi connectivity index (χ1n) is 19.4. The SMILES string of the molecule is CC(=O)c1cc2cc(CN(CC(=O)OC(C)(C)C)C(=O)c3cccc4cc(OC(=O)c5ccc(N=C(NC(=O)OC(C)(C)C)NC(=O)OC(C)(C)C)cc5)ccc34)ccc2s1. The third-order valence-corrected chi connectivity index (χ3v) is 9.42. The average molecular weight is 851 g/mol.